The van der Waals surface area contributed by atoms with Gasteiger partial charge in [-0.15, -0.1) is 0 Å². The molecular formula is C8H8O3. The molecule has 1 fully saturated rings. The Balaban J connectivity index is 2.27. The highest BCUT2D eigenvalue weighted by atomic mass is 16.6. The lowest BCUT2D eigenvalue weighted by molar-refractivity contribution is -0.137. The second kappa shape index (κ2) is 2.12. The molecule has 0 aliphatic carbocycles. The van der Waals surface area contributed by atoms with Crippen LogP contribution in [-0.4, -0.2) is 18.7 Å². The van der Waals surface area contributed by atoms with Crippen molar-refractivity contribution in [2.45, 2.75) is 6.10 Å². The van der Waals surface area contributed by atoms with Gasteiger partial charge in [0.2, 0.25) is 0 Å². The van der Waals surface area contributed by atoms with E-state index in [-0.39, 0.29) is 18.0 Å². The zero-order valence-electron chi connectivity index (χ0n) is 5.95. The molecule has 0 amide bonds. The molecule has 2 aliphatic heterocycles. The summed E-state index contributed by atoms with van der Waals surface area (Å²) in [4.78, 5) is 10.9. The smallest absolute Gasteiger partial charge is 0.334 e. The number of hydrogen-bond donors (Lipinski definition) is 0. The lowest BCUT2D eigenvalue weighted by atomic mass is 9.97. The summed E-state index contributed by atoms with van der Waals surface area (Å²) in [5.41, 5.74) is 0.527. The summed E-state index contributed by atoms with van der Waals surface area (Å²) in [6, 6.07) is 0. The van der Waals surface area contributed by atoms with Crippen LogP contribution < -0.4 is 0 Å². The van der Waals surface area contributed by atoms with Crippen LogP contribution in [0.5, 0.6) is 0 Å². The van der Waals surface area contributed by atoms with E-state index in [0.717, 1.165) is 0 Å². The molecule has 58 valence electrons. The van der Waals surface area contributed by atoms with Gasteiger partial charge >= 0.3 is 5.97 Å². The van der Waals surface area contributed by atoms with E-state index in [1.54, 1.807) is 12.3 Å². The molecule has 2 rings (SSSR count). The van der Waals surface area contributed by atoms with Gasteiger partial charge in [-0.1, -0.05) is 6.58 Å². The van der Waals surface area contributed by atoms with Gasteiger partial charge in [-0.05, 0) is 6.08 Å². The maximum atomic E-state index is 10.9. The first-order valence-corrected chi connectivity index (χ1v) is 3.47. The number of hydrogen-bond acceptors (Lipinski definition) is 3. The monoisotopic (exact) mass is 152 g/mol. The number of fused-ring (bicyclic) bond motifs is 1. The zero-order valence-corrected chi connectivity index (χ0v) is 5.95. The summed E-state index contributed by atoms with van der Waals surface area (Å²) in [5.74, 6) is -0.261. The molecule has 0 N–H and O–H groups in total. The van der Waals surface area contributed by atoms with Crippen molar-refractivity contribution in [2.75, 3.05) is 6.61 Å². The van der Waals surface area contributed by atoms with Gasteiger partial charge < -0.3 is 9.47 Å². The van der Waals surface area contributed by atoms with Crippen molar-refractivity contribution in [3.05, 3.63) is 24.5 Å². The maximum absolute atomic E-state index is 10.9. The first-order valence-electron chi connectivity index (χ1n) is 3.47. The molecule has 3 nitrogen and oxygen atoms in total. The van der Waals surface area contributed by atoms with E-state index in [1.165, 1.54) is 0 Å². The SMILES string of the molecule is C=C1C(=O)OC2C=COCC12. The molecule has 2 unspecified atom stereocenters. The number of esters is 1. The fourth-order valence-corrected chi connectivity index (χ4v) is 1.29. The average molecular weight is 152 g/mol. The van der Waals surface area contributed by atoms with Gasteiger partial charge in [0.15, 0.2) is 0 Å². The van der Waals surface area contributed by atoms with Gasteiger partial charge in [-0.3, -0.25) is 0 Å². The van der Waals surface area contributed by atoms with Crippen molar-refractivity contribution in [3.63, 3.8) is 0 Å². The Labute approximate surface area is 64.3 Å². The van der Waals surface area contributed by atoms with Crippen molar-refractivity contribution in [2.24, 2.45) is 5.92 Å². The molecule has 0 radical (unpaired) electrons. The Morgan fingerprint density at radius 2 is 2.45 bits per heavy atom. The van der Waals surface area contributed by atoms with Gasteiger partial charge in [0.25, 0.3) is 0 Å². The fraction of sp³-hybridized carbons (Fsp3) is 0.375. The standard InChI is InChI=1S/C8H8O3/c1-5-6-4-10-3-2-7(6)11-8(5)9/h2-3,6-7H,1,4H2. The molecule has 2 aliphatic rings. The van der Waals surface area contributed by atoms with Gasteiger partial charge in [0, 0.05) is 5.57 Å². The van der Waals surface area contributed by atoms with Gasteiger partial charge in [-0.25, -0.2) is 4.79 Å². The third-order valence-electron chi connectivity index (χ3n) is 1.99. The van der Waals surface area contributed by atoms with Crippen molar-refractivity contribution in [1.29, 1.82) is 0 Å². The molecule has 1 saturated heterocycles. The summed E-state index contributed by atoms with van der Waals surface area (Å²) < 4.78 is 10.0. The molecular weight excluding hydrogens is 144 g/mol. The van der Waals surface area contributed by atoms with E-state index < -0.39 is 0 Å². The van der Waals surface area contributed by atoms with Crippen LogP contribution in [0.15, 0.2) is 24.5 Å². The van der Waals surface area contributed by atoms with Crippen molar-refractivity contribution < 1.29 is 14.3 Å². The Morgan fingerprint density at radius 1 is 1.64 bits per heavy atom. The molecule has 0 aromatic heterocycles. The number of ether oxygens (including phenoxy) is 2. The fourth-order valence-electron chi connectivity index (χ4n) is 1.29. The van der Waals surface area contributed by atoms with E-state index >= 15 is 0 Å². The lowest BCUT2D eigenvalue weighted by Crippen LogP contribution is -2.22. The minimum absolute atomic E-state index is 0.0347. The Bertz CT molecular complexity index is 242. The second-order valence-corrected chi connectivity index (χ2v) is 2.66. The number of carbonyl (C=O) groups is 1. The van der Waals surface area contributed by atoms with E-state index in [2.05, 4.69) is 6.58 Å². The van der Waals surface area contributed by atoms with E-state index in [0.29, 0.717) is 12.2 Å². The van der Waals surface area contributed by atoms with Crippen LogP contribution >= 0.6 is 0 Å². The van der Waals surface area contributed by atoms with Crippen LogP contribution in [0, 0.1) is 5.92 Å². The van der Waals surface area contributed by atoms with Gasteiger partial charge in [0.1, 0.15) is 6.10 Å². The van der Waals surface area contributed by atoms with Crippen molar-refractivity contribution >= 4 is 5.97 Å². The lowest BCUT2D eigenvalue weighted by Gasteiger charge is -2.17. The summed E-state index contributed by atoms with van der Waals surface area (Å²) in [6.45, 7) is 4.14. The number of carbonyl (C=O) groups excluding carboxylic acids is 1. The average Bonchev–Trinajstić information content (AvgIpc) is 2.30. The predicted molar refractivity (Wildman–Crippen MR) is 37.6 cm³/mol. The van der Waals surface area contributed by atoms with Crippen LogP contribution in [0.2, 0.25) is 0 Å². The first kappa shape index (κ1) is 6.46. The largest absolute Gasteiger partial charge is 0.501 e. The zero-order chi connectivity index (χ0) is 7.84. The number of rotatable bonds is 0. The van der Waals surface area contributed by atoms with Crippen LogP contribution in [-0.2, 0) is 14.3 Å². The van der Waals surface area contributed by atoms with E-state index in [9.17, 15) is 4.79 Å². The molecule has 11 heavy (non-hydrogen) atoms. The minimum Gasteiger partial charge on any atom is -0.501 e. The summed E-state index contributed by atoms with van der Waals surface area (Å²) in [5, 5.41) is 0. The molecule has 3 heteroatoms. The third-order valence-corrected chi connectivity index (χ3v) is 1.99. The highest BCUT2D eigenvalue weighted by Crippen LogP contribution is 2.29. The highest BCUT2D eigenvalue weighted by Gasteiger charge is 2.38. The second-order valence-electron chi connectivity index (χ2n) is 2.66. The Kier molecular flexibility index (Phi) is 1.24. The topological polar surface area (TPSA) is 35.5 Å². The molecule has 0 aromatic rings. The highest BCUT2D eigenvalue weighted by molar-refractivity contribution is 5.91. The molecule has 0 spiro atoms. The summed E-state index contributed by atoms with van der Waals surface area (Å²) in [6.07, 6.45) is 3.17. The summed E-state index contributed by atoms with van der Waals surface area (Å²) >= 11 is 0. The van der Waals surface area contributed by atoms with Crippen molar-refractivity contribution in [3.8, 4) is 0 Å². The Morgan fingerprint density at radius 3 is 3.18 bits per heavy atom. The third kappa shape index (κ3) is 0.843. The Hall–Kier alpha value is -1.25. The van der Waals surface area contributed by atoms with Gasteiger partial charge in [0.05, 0.1) is 18.8 Å². The summed E-state index contributed by atoms with van der Waals surface area (Å²) in [7, 11) is 0. The maximum Gasteiger partial charge on any atom is 0.334 e. The van der Waals surface area contributed by atoms with E-state index in [4.69, 9.17) is 9.47 Å². The van der Waals surface area contributed by atoms with Crippen LogP contribution in [0.4, 0.5) is 0 Å². The predicted octanol–water partition coefficient (Wildman–Crippen LogP) is 0.628. The van der Waals surface area contributed by atoms with E-state index in [1.807, 2.05) is 0 Å². The molecule has 0 saturated carbocycles. The first-order chi connectivity index (χ1) is 5.29. The van der Waals surface area contributed by atoms with Crippen LogP contribution in [0.25, 0.3) is 0 Å². The molecule has 0 bridgehead atoms. The quantitative estimate of drug-likeness (QED) is 0.377. The van der Waals surface area contributed by atoms with Gasteiger partial charge in [-0.2, -0.15) is 0 Å². The minimum atomic E-state index is -0.296. The molecule has 0 aromatic carbocycles. The molecule has 2 heterocycles. The van der Waals surface area contributed by atoms with Crippen LogP contribution in [0.3, 0.4) is 0 Å². The van der Waals surface area contributed by atoms with Crippen molar-refractivity contribution in [1.82, 2.24) is 0 Å². The van der Waals surface area contributed by atoms with Crippen LogP contribution in [0.1, 0.15) is 0 Å². The molecule has 2 atom stereocenters. The normalized spacial score (nSPS) is 34.5.